The topological polar surface area (TPSA) is 108 Å². The normalized spacial score (nSPS) is 11.7. The van der Waals surface area contributed by atoms with Gasteiger partial charge in [-0.05, 0) is 25.1 Å². The van der Waals surface area contributed by atoms with Crippen molar-refractivity contribution < 1.29 is 22.4 Å². The van der Waals surface area contributed by atoms with Gasteiger partial charge >= 0.3 is 0 Å². The van der Waals surface area contributed by atoms with Crippen molar-refractivity contribution in [3.05, 3.63) is 95.7 Å². The van der Waals surface area contributed by atoms with Crippen LogP contribution in [0.5, 0.6) is 0 Å². The van der Waals surface area contributed by atoms with Gasteiger partial charge in [0, 0.05) is 23.9 Å². The molecule has 43 heavy (non-hydrogen) atoms. The molecule has 0 fully saturated rings. The zero-order chi connectivity index (χ0) is 30.3. The maximum atomic E-state index is 13.4. The lowest BCUT2D eigenvalue weighted by molar-refractivity contribution is -0.118. The lowest BCUT2D eigenvalue weighted by Gasteiger charge is -2.09. The van der Waals surface area contributed by atoms with Gasteiger partial charge in [0.2, 0.25) is 0 Å². The van der Waals surface area contributed by atoms with Crippen molar-refractivity contribution in [2.75, 3.05) is 5.75 Å². The highest BCUT2D eigenvalue weighted by Crippen LogP contribution is 2.26. The Balaban J connectivity index is 1.25. The Morgan fingerprint density at radius 2 is 1.72 bits per heavy atom. The highest BCUT2D eigenvalue weighted by molar-refractivity contribution is 7.99. The first-order chi connectivity index (χ1) is 20.8. The SMILES string of the molecule is CCn1c(Cn2nc(C(F)F)cc2C(F)F)nnc1SCC(=O)NN=Cc1cn(-c2ccccc2)nc1-c1ccccc1. The molecule has 0 saturated carbocycles. The van der Waals surface area contributed by atoms with E-state index in [9.17, 15) is 22.4 Å². The van der Waals surface area contributed by atoms with Crippen molar-refractivity contribution in [2.45, 2.75) is 38.0 Å². The number of aromatic nitrogens is 7. The maximum absolute atomic E-state index is 13.4. The summed E-state index contributed by atoms with van der Waals surface area (Å²) >= 11 is 1.07. The Morgan fingerprint density at radius 3 is 2.40 bits per heavy atom. The van der Waals surface area contributed by atoms with Crippen LogP contribution in [0.15, 0.2) is 83.2 Å². The van der Waals surface area contributed by atoms with Crippen molar-refractivity contribution >= 4 is 23.9 Å². The molecule has 1 N–H and O–H groups in total. The minimum Gasteiger partial charge on any atom is -0.305 e. The van der Waals surface area contributed by atoms with Crippen molar-refractivity contribution in [2.24, 2.45) is 5.10 Å². The van der Waals surface area contributed by atoms with E-state index >= 15 is 0 Å². The average Bonchev–Trinajstić information content (AvgIpc) is 3.74. The Labute approximate surface area is 247 Å². The van der Waals surface area contributed by atoms with Crippen molar-refractivity contribution in [1.29, 1.82) is 0 Å². The van der Waals surface area contributed by atoms with Gasteiger partial charge in [-0.3, -0.25) is 9.48 Å². The number of carbonyl (C=O) groups excluding carboxylic acids is 1. The molecule has 3 aromatic heterocycles. The van der Waals surface area contributed by atoms with Gasteiger partial charge in [-0.2, -0.15) is 15.3 Å². The number of para-hydroxylation sites is 1. The predicted octanol–water partition coefficient (Wildman–Crippen LogP) is 5.51. The highest BCUT2D eigenvalue weighted by atomic mass is 32.2. The molecule has 0 aliphatic heterocycles. The molecule has 0 aliphatic carbocycles. The Hall–Kier alpha value is -4.79. The summed E-state index contributed by atoms with van der Waals surface area (Å²) in [7, 11) is 0. The second-order valence-electron chi connectivity index (χ2n) is 9.06. The molecule has 222 valence electrons. The monoisotopic (exact) mass is 611 g/mol. The third-order valence-corrected chi connectivity index (χ3v) is 7.18. The fraction of sp³-hybridized carbons (Fsp3) is 0.214. The number of hydrogen-bond donors (Lipinski definition) is 1. The Kier molecular flexibility index (Phi) is 9.29. The number of nitrogens with one attached hydrogen (secondary N) is 1. The van der Waals surface area contributed by atoms with E-state index < -0.39 is 30.1 Å². The summed E-state index contributed by atoms with van der Waals surface area (Å²) in [6.45, 7) is 1.85. The van der Waals surface area contributed by atoms with Crippen molar-refractivity contribution in [1.82, 2.24) is 39.8 Å². The number of alkyl halides is 4. The zero-order valence-electron chi connectivity index (χ0n) is 22.7. The third-order valence-electron chi connectivity index (χ3n) is 6.21. The number of nitrogens with zero attached hydrogens (tertiary/aromatic N) is 8. The van der Waals surface area contributed by atoms with E-state index in [1.165, 1.54) is 6.21 Å². The summed E-state index contributed by atoms with van der Waals surface area (Å²) in [6, 6.07) is 19.9. The van der Waals surface area contributed by atoms with E-state index in [2.05, 4.69) is 25.8 Å². The van der Waals surface area contributed by atoms with Crippen LogP contribution in [0, 0.1) is 0 Å². The van der Waals surface area contributed by atoms with Crippen LogP contribution in [-0.4, -0.2) is 52.2 Å². The van der Waals surface area contributed by atoms with Gasteiger partial charge in [-0.1, -0.05) is 60.3 Å². The van der Waals surface area contributed by atoms with Crippen LogP contribution in [0.3, 0.4) is 0 Å². The summed E-state index contributed by atoms with van der Waals surface area (Å²) < 4.78 is 57.0. The maximum Gasteiger partial charge on any atom is 0.282 e. The van der Waals surface area contributed by atoms with Gasteiger partial charge in [0.25, 0.3) is 18.8 Å². The first-order valence-corrected chi connectivity index (χ1v) is 14.0. The number of carbonyl (C=O) groups is 1. The molecule has 0 atom stereocenters. The number of hydrogen-bond acceptors (Lipinski definition) is 7. The molecule has 0 unspecified atom stereocenters. The van der Waals surface area contributed by atoms with Gasteiger partial charge in [-0.15, -0.1) is 10.2 Å². The number of thioether (sulfide) groups is 1. The average molecular weight is 612 g/mol. The molecule has 0 aliphatic rings. The predicted molar refractivity (Wildman–Crippen MR) is 152 cm³/mol. The molecular formula is C28H25F4N9OS. The smallest absolute Gasteiger partial charge is 0.282 e. The van der Waals surface area contributed by atoms with Gasteiger partial charge in [-0.25, -0.2) is 27.7 Å². The molecule has 3 heterocycles. The number of halogens is 4. The molecule has 0 bridgehead atoms. The summed E-state index contributed by atoms with van der Waals surface area (Å²) in [4.78, 5) is 12.6. The fourth-order valence-electron chi connectivity index (χ4n) is 4.21. The fourth-order valence-corrected chi connectivity index (χ4v) is 5.02. The highest BCUT2D eigenvalue weighted by Gasteiger charge is 2.23. The first kappa shape index (κ1) is 29.7. The standard InChI is InChI=1S/C28H25F4N9OS/c1-2-39-23(16-41-22(27(31)32)13-21(37-41)26(29)30)34-36-28(39)43-17-24(42)35-33-14-19-15-40(20-11-7-4-8-12-20)38-25(19)18-9-5-3-6-10-18/h3-15,26-27H,2,16-17H2,1H3,(H,35,42). The van der Waals surface area contributed by atoms with Crippen LogP contribution in [0.4, 0.5) is 17.6 Å². The van der Waals surface area contributed by atoms with Crippen LogP contribution in [-0.2, 0) is 17.9 Å². The minimum absolute atomic E-state index is 0.0656. The van der Waals surface area contributed by atoms with Gasteiger partial charge < -0.3 is 4.57 Å². The molecule has 15 heteroatoms. The summed E-state index contributed by atoms with van der Waals surface area (Å²) in [6.07, 6.45) is -2.65. The Bertz CT molecular complexity index is 1700. The summed E-state index contributed by atoms with van der Waals surface area (Å²) in [5.41, 5.74) is 4.24. The van der Waals surface area contributed by atoms with Gasteiger partial charge in [0.1, 0.15) is 23.6 Å². The van der Waals surface area contributed by atoms with Crippen LogP contribution >= 0.6 is 11.8 Å². The quantitative estimate of drug-likeness (QED) is 0.0863. The molecule has 1 amide bonds. The van der Waals surface area contributed by atoms with Gasteiger partial charge in [0.05, 0.1) is 17.7 Å². The van der Waals surface area contributed by atoms with Crippen LogP contribution < -0.4 is 5.43 Å². The second kappa shape index (κ2) is 13.5. The van der Waals surface area contributed by atoms with E-state index in [-0.39, 0.29) is 18.1 Å². The van der Waals surface area contributed by atoms with Crippen molar-refractivity contribution in [3.8, 4) is 16.9 Å². The van der Waals surface area contributed by atoms with E-state index in [1.807, 2.05) is 66.9 Å². The van der Waals surface area contributed by atoms with E-state index in [0.717, 1.165) is 27.7 Å². The minimum atomic E-state index is -2.99. The lowest BCUT2D eigenvalue weighted by atomic mass is 10.1. The number of amides is 1. The van der Waals surface area contributed by atoms with E-state index in [0.29, 0.717) is 29.0 Å². The van der Waals surface area contributed by atoms with Crippen LogP contribution in [0.25, 0.3) is 16.9 Å². The zero-order valence-corrected chi connectivity index (χ0v) is 23.5. The van der Waals surface area contributed by atoms with Crippen LogP contribution in [0.1, 0.15) is 42.6 Å². The molecule has 5 aromatic rings. The van der Waals surface area contributed by atoms with Crippen LogP contribution in [0.2, 0.25) is 0 Å². The molecule has 5 rings (SSSR count). The van der Waals surface area contributed by atoms with Gasteiger partial charge in [0.15, 0.2) is 11.0 Å². The summed E-state index contributed by atoms with van der Waals surface area (Å²) in [5.74, 6) is -0.249. The lowest BCUT2D eigenvalue weighted by Crippen LogP contribution is -2.20. The van der Waals surface area contributed by atoms with E-state index in [4.69, 9.17) is 5.10 Å². The number of benzene rings is 2. The number of rotatable bonds is 12. The van der Waals surface area contributed by atoms with Crippen molar-refractivity contribution in [3.63, 3.8) is 0 Å². The number of hydrazone groups is 1. The molecule has 0 radical (unpaired) electrons. The molecular weight excluding hydrogens is 586 g/mol. The second-order valence-corrected chi connectivity index (χ2v) is 10.00. The third kappa shape index (κ3) is 6.99. The first-order valence-electron chi connectivity index (χ1n) is 13.0. The summed E-state index contributed by atoms with van der Waals surface area (Å²) in [5, 5.41) is 20.8. The molecule has 0 saturated heterocycles. The molecule has 10 nitrogen and oxygen atoms in total. The van der Waals surface area contributed by atoms with E-state index in [1.54, 1.807) is 16.2 Å². The molecule has 0 spiro atoms. The Morgan fingerprint density at radius 1 is 1.00 bits per heavy atom. The largest absolute Gasteiger partial charge is 0.305 e. The molecule has 2 aromatic carbocycles.